The van der Waals surface area contributed by atoms with Crippen LogP contribution in [0.3, 0.4) is 0 Å². The number of carbonyl (C=O) groups is 1. The Bertz CT molecular complexity index is 895. The summed E-state index contributed by atoms with van der Waals surface area (Å²) in [5, 5.41) is 3.42. The minimum absolute atomic E-state index is 0.133. The minimum Gasteiger partial charge on any atom is -0.298 e. The average molecular weight is 408 g/mol. The number of hydrogen-bond acceptors (Lipinski definition) is 5. The van der Waals surface area contributed by atoms with E-state index in [1.165, 1.54) is 39.1 Å². The maximum atomic E-state index is 12.7. The van der Waals surface area contributed by atoms with Crippen molar-refractivity contribution in [3.63, 3.8) is 0 Å². The van der Waals surface area contributed by atoms with Gasteiger partial charge in [-0.2, -0.15) is 4.31 Å². The van der Waals surface area contributed by atoms with E-state index in [1.54, 1.807) is 26.0 Å². The van der Waals surface area contributed by atoms with Crippen molar-refractivity contribution < 1.29 is 13.2 Å². The second kappa shape index (κ2) is 8.50. The molecule has 0 bridgehead atoms. The fraction of sp³-hybridized carbons (Fsp3) is 0.474. The summed E-state index contributed by atoms with van der Waals surface area (Å²) < 4.78 is 26.7. The second-order valence-corrected chi connectivity index (χ2v) is 9.54. The van der Waals surface area contributed by atoms with Crippen molar-refractivity contribution in [3.8, 4) is 0 Å². The molecule has 0 fully saturated rings. The number of anilines is 1. The Labute approximate surface area is 164 Å². The first-order valence-corrected chi connectivity index (χ1v) is 11.6. The largest absolute Gasteiger partial charge is 0.298 e. The third-order valence-corrected chi connectivity index (χ3v) is 7.87. The van der Waals surface area contributed by atoms with Crippen LogP contribution in [0.15, 0.2) is 29.2 Å². The monoisotopic (exact) mass is 407 g/mol. The maximum absolute atomic E-state index is 12.7. The normalized spacial score (nSPS) is 14.6. The van der Waals surface area contributed by atoms with Gasteiger partial charge in [0, 0.05) is 23.5 Å². The molecule has 3 rings (SSSR count). The summed E-state index contributed by atoms with van der Waals surface area (Å²) in [6.45, 7) is 4.37. The number of fused-ring (bicyclic) bond motifs is 1. The number of amides is 1. The number of rotatable bonds is 6. The van der Waals surface area contributed by atoms with Gasteiger partial charge in [0.1, 0.15) is 0 Å². The molecule has 0 spiro atoms. The summed E-state index contributed by atoms with van der Waals surface area (Å²) >= 11 is 1.52. The summed E-state index contributed by atoms with van der Waals surface area (Å²) in [7, 11) is -3.60. The smallest absolute Gasteiger partial charge is 0.257 e. The Kier molecular flexibility index (Phi) is 6.29. The predicted octanol–water partition coefficient (Wildman–Crippen LogP) is 3.69. The van der Waals surface area contributed by atoms with Crippen LogP contribution in [0.5, 0.6) is 0 Å². The Hall–Kier alpha value is -1.77. The van der Waals surface area contributed by atoms with Gasteiger partial charge in [-0.15, -0.1) is 11.3 Å². The number of nitrogens with zero attached hydrogens (tertiary/aromatic N) is 2. The van der Waals surface area contributed by atoms with Crippen LogP contribution in [-0.2, 0) is 22.9 Å². The molecule has 27 heavy (non-hydrogen) atoms. The summed E-state index contributed by atoms with van der Waals surface area (Å²) in [5.41, 5.74) is 1.40. The Morgan fingerprint density at radius 3 is 2.67 bits per heavy atom. The van der Waals surface area contributed by atoms with E-state index in [0.717, 1.165) is 31.4 Å². The lowest BCUT2D eigenvalue weighted by atomic mass is 10.2. The van der Waals surface area contributed by atoms with Crippen molar-refractivity contribution in [1.82, 2.24) is 9.29 Å². The van der Waals surface area contributed by atoms with Gasteiger partial charge >= 0.3 is 0 Å². The molecule has 0 saturated carbocycles. The maximum Gasteiger partial charge on any atom is 0.257 e. The molecule has 0 atom stereocenters. The molecule has 0 aliphatic heterocycles. The van der Waals surface area contributed by atoms with Crippen LogP contribution < -0.4 is 5.32 Å². The zero-order chi connectivity index (χ0) is 19.4. The molecule has 1 amide bonds. The van der Waals surface area contributed by atoms with Crippen LogP contribution in [0.25, 0.3) is 0 Å². The van der Waals surface area contributed by atoms with Crippen LogP contribution in [0.2, 0.25) is 0 Å². The van der Waals surface area contributed by atoms with Gasteiger partial charge in [-0.1, -0.05) is 26.3 Å². The van der Waals surface area contributed by atoms with Gasteiger partial charge in [0.05, 0.1) is 10.6 Å². The number of sulfonamides is 1. The first kappa shape index (κ1) is 20.0. The quantitative estimate of drug-likeness (QED) is 0.741. The summed E-state index contributed by atoms with van der Waals surface area (Å²) in [6.07, 6.45) is 5.49. The van der Waals surface area contributed by atoms with E-state index in [2.05, 4.69) is 10.3 Å². The molecule has 1 aliphatic rings. The highest BCUT2D eigenvalue weighted by Crippen LogP contribution is 2.29. The number of thiazole rings is 1. The van der Waals surface area contributed by atoms with Crippen molar-refractivity contribution in [2.75, 3.05) is 18.4 Å². The summed E-state index contributed by atoms with van der Waals surface area (Å²) in [6, 6.07) is 6.18. The molecular formula is C19H25N3O3S2. The average Bonchev–Trinajstić information content (AvgIpc) is 2.90. The highest BCUT2D eigenvalue weighted by molar-refractivity contribution is 7.89. The van der Waals surface area contributed by atoms with Crippen molar-refractivity contribution >= 4 is 32.4 Å². The van der Waals surface area contributed by atoms with E-state index in [1.807, 2.05) is 0 Å². The third kappa shape index (κ3) is 4.39. The molecular weight excluding hydrogens is 382 g/mol. The van der Waals surface area contributed by atoms with E-state index in [9.17, 15) is 13.2 Å². The molecule has 1 aromatic carbocycles. The van der Waals surface area contributed by atoms with Crippen LogP contribution in [0.4, 0.5) is 5.13 Å². The van der Waals surface area contributed by atoms with Crippen LogP contribution >= 0.6 is 11.3 Å². The zero-order valence-electron chi connectivity index (χ0n) is 15.7. The number of aromatic nitrogens is 1. The molecule has 8 heteroatoms. The first-order chi connectivity index (χ1) is 13.0. The van der Waals surface area contributed by atoms with Gasteiger partial charge in [-0.25, -0.2) is 13.4 Å². The molecule has 2 aromatic rings. The van der Waals surface area contributed by atoms with Gasteiger partial charge in [0.25, 0.3) is 5.91 Å². The predicted molar refractivity (Wildman–Crippen MR) is 108 cm³/mol. The molecule has 1 heterocycles. The van der Waals surface area contributed by atoms with E-state index in [4.69, 9.17) is 0 Å². The number of carbonyl (C=O) groups excluding carboxylic acids is 1. The van der Waals surface area contributed by atoms with Crippen LogP contribution in [0.1, 0.15) is 54.0 Å². The minimum atomic E-state index is -3.60. The lowest BCUT2D eigenvalue weighted by Gasteiger charge is -2.18. The highest BCUT2D eigenvalue weighted by atomic mass is 32.2. The SMILES string of the molecule is CCN(CC)S(=O)(=O)c1cccc(C(=O)Nc2nc3c(s2)CCCCC3)c1. The Morgan fingerprint density at radius 1 is 1.19 bits per heavy atom. The molecule has 146 valence electrons. The summed E-state index contributed by atoms with van der Waals surface area (Å²) in [5.74, 6) is -0.337. The standard InChI is InChI=1S/C19H25N3O3S2/c1-3-22(4-2)27(24,25)15-10-8-9-14(13-15)18(23)21-19-20-16-11-6-5-7-12-17(16)26-19/h8-10,13H,3-7,11-12H2,1-2H3,(H,20,21,23). The van der Waals surface area contributed by atoms with Crippen molar-refractivity contribution in [2.45, 2.75) is 50.8 Å². The van der Waals surface area contributed by atoms with Gasteiger partial charge in [-0.3, -0.25) is 10.1 Å². The topological polar surface area (TPSA) is 79.4 Å². The van der Waals surface area contributed by atoms with Gasteiger partial charge in [0.15, 0.2) is 5.13 Å². The molecule has 1 aromatic heterocycles. The van der Waals surface area contributed by atoms with Gasteiger partial charge < -0.3 is 0 Å². The van der Waals surface area contributed by atoms with Crippen LogP contribution in [-0.4, -0.2) is 36.7 Å². The molecule has 6 nitrogen and oxygen atoms in total. The summed E-state index contributed by atoms with van der Waals surface area (Å²) in [4.78, 5) is 18.6. The second-order valence-electron chi connectivity index (χ2n) is 6.52. The number of nitrogens with one attached hydrogen (secondary N) is 1. The number of hydrogen-bond donors (Lipinski definition) is 1. The van der Waals surface area contributed by atoms with Crippen molar-refractivity contribution in [2.24, 2.45) is 0 Å². The molecule has 0 radical (unpaired) electrons. The van der Waals surface area contributed by atoms with Crippen molar-refractivity contribution in [3.05, 3.63) is 40.4 Å². The molecule has 1 N–H and O–H groups in total. The fourth-order valence-corrected chi connectivity index (χ4v) is 5.81. The first-order valence-electron chi connectivity index (χ1n) is 9.35. The highest BCUT2D eigenvalue weighted by Gasteiger charge is 2.23. The van der Waals surface area contributed by atoms with Gasteiger partial charge in [0.2, 0.25) is 10.0 Å². The van der Waals surface area contributed by atoms with Crippen LogP contribution in [0, 0.1) is 0 Å². The number of aryl methyl sites for hydroxylation is 2. The Morgan fingerprint density at radius 2 is 1.93 bits per heavy atom. The zero-order valence-corrected chi connectivity index (χ0v) is 17.3. The van der Waals surface area contributed by atoms with Crippen molar-refractivity contribution in [1.29, 1.82) is 0 Å². The Balaban J connectivity index is 1.80. The molecule has 1 aliphatic carbocycles. The molecule has 0 unspecified atom stereocenters. The molecule has 0 saturated heterocycles. The van der Waals surface area contributed by atoms with Gasteiger partial charge in [-0.05, 0) is 43.9 Å². The lowest BCUT2D eigenvalue weighted by molar-refractivity contribution is 0.102. The van der Waals surface area contributed by atoms with E-state index < -0.39 is 10.0 Å². The van der Waals surface area contributed by atoms with E-state index in [0.29, 0.717) is 23.8 Å². The van der Waals surface area contributed by atoms with E-state index in [-0.39, 0.29) is 10.8 Å². The number of benzene rings is 1. The lowest BCUT2D eigenvalue weighted by Crippen LogP contribution is -2.30. The third-order valence-electron chi connectivity index (χ3n) is 4.76. The van der Waals surface area contributed by atoms with E-state index >= 15 is 0 Å². The fourth-order valence-electron chi connectivity index (χ4n) is 3.26.